The van der Waals surface area contributed by atoms with Crippen LogP contribution in [0.25, 0.3) is 0 Å². The molecule has 0 unspecified atom stereocenters. The molecule has 0 N–H and O–H groups in total. The summed E-state index contributed by atoms with van der Waals surface area (Å²) in [6.45, 7) is 3.90. The van der Waals surface area contributed by atoms with Crippen LogP contribution in [0.15, 0.2) is 36.7 Å². The zero-order valence-electron chi connectivity index (χ0n) is 13.5. The first-order valence-corrected chi connectivity index (χ1v) is 8.07. The molecule has 1 aromatic heterocycles. The van der Waals surface area contributed by atoms with Gasteiger partial charge in [-0.1, -0.05) is 37.3 Å². The van der Waals surface area contributed by atoms with Gasteiger partial charge in [-0.3, -0.25) is 0 Å². The largest absolute Gasteiger partial charge is 0.454 e. The van der Waals surface area contributed by atoms with Crippen LogP contribution in [-0.2, 0) is 4.74 Å². The van der Waals surface area contributed by atoms with Crippen LogP contribution in [0.4, 0.5) is 4.39 Å². The van der Waals surface area contributed by atoms with Gasteiger partial charge in [0.1, 0.15) is 5.60 Å². The van der Waals surface area contributed by atoms with Crippen molar-refractivity contribution in [2.45, 2.75) is 51.2 Å². The summed E-state index contributed by atoms with van der Waals surface area (Å²) in [4.78, 5) is 16.2. The minimum atomic E-state index is -0.775. The van der Waals surface area contributed by atoms with Gasteiger partial charge in [-0.15, -0.1) is 0 Å². The molecular weight excluding hydrogens is 295 g/mol. The average Bonchev–Trinajstić information content (AvgIpc) is 2.92. The number of hydrogen-bond acceptors (Lipinski definition) is 3. The molecule has 1 heterocycles. The van der Waals surface area contributed by atoms with Crippen molar-refractivity contribution in [3.05, 3.63) is 53.9 Å². The van der Waals surface area contributed by atoms with Gasteiger partial charge < -0.3 is 9.30 Å². The number of benzene rings is 1. The second-order valence-electron chi connectivity index (χ2n) is 6.16. The third-order valence-electron chi connectivity index (χ3n) is 4.86. The molecule has 1 fully saturated rings. The average molecular weight is 316 g/mol. The molecule has 2 aromatic rings. The molecule has 0 saturated heterocycles. The number of nitrogens with zero attached hydrogens (tertiary/aromatic N) is 2. The molecule has 1 aliphatic carbocycles. The highest BCUT2D eigenvalue weighted by Crippen LogP contribution is 2.39. The van der Waals surface area contributed by atoms with E-state index in [9.17, 15) is 9.18 Å². The lowest BCUT2D eigenvalue weighted by Gasteiger charge is -2.40. The van der Waals surface area contributed by atoms with Gasteiger partial charge in [0.25, 0.3) is 0 Å². The minimum Gasteiger partial charge on any atom is -0.454 e. The molecule has 0 spiro atoms. The van der Waals surface area contributed by atoms with Gasteiger partial charge in [0, 0.05) is 0 Å². The molecule has 1 aliphatic rings. The maximum absolute atomic E-state index is 14.1. The number of rotatable bonds is 5. The van der Waals surface area contributed by atoms with E-state index in [0.717, 1.165) is 31.2 Å². The van der Waals surface area contributed by atoms with Gasteiger partial charge in [-0.25, -0.2) is 9.78 Å². The van der Waals surface area contributed by atoms with E-state index in [1.54, 1.807) is 4.57 Å². The van der Waals surface area contributed by atoms with Gasteiger partial charge in [-0.05, 0) is 38.2 Å². The minimum absolute atomic E-state index is 0.0962. The van der Waals surface area contributed by atoms with E-state index in [-0.39, 0.29) is 11.7 Å². The highest BCUT2D eigenvalue weighted by molar-refractivity contribution is 5.88. The lowest BCUT2D eigenvalue weighted by molar-refractivity contribution is -0.0653. The zero-order chi connectivity index (χ0) is 16.4. The Bertz CT molecular complexity index is 687. The number of ether oxygens (including phenoxy) is 1. The normalized spacial score (nSPS) is 17.3. The lowest BCUT2D eigenvalue weighted by Crippen LogP contribution is -2.41. The quantitative estimate of drug-likeness (QED) is 0.779. The van der Waals surface area contributed by atoms with Crippen LogP contribution in [0, 0.1) is 5.95 Å². The van der Waals surface area contributed by atoms with Crippen LogP contribution in [-0.4, -0.2) is 21.1 Å². The summed E-state index contributed by atoms with van der Waals surface area (Å²) in [6.07, 6.45) is 4.85. The van der Waals surface area contributed by atoms with Crippen molar-refractivity contribution in [2.75, 3.05) is 0 Å². The smallest absolute Gasteiger partial charge is 0.360 e. The summed E-state index contributed by atoms with van der Waals surface area (Å²) in [5.41, 5.74) is 0.461. The fraction of sp³-hybridized carbons (Fsp3) is 0.444. The summed E-state index contributed by atoms with van der Waals surface area (Å²) >= 11 is 0. The van der Waals surface area contributed by atoms with Crippen molar-refractivity contribution >= 4 is 5.97 Å². The SMILES string of the molecule is CCC1(OC(=O)c2c(F)ncn2[C@H](C)c2ccccc2)CCC1. The first-order chi connectivity index (χ1) is 11.1. The summed E-state index contributed by atoms with van der Waals surface area (Å²) < 4.78 is 21.3. The first kappa shape index (κ1) is 15.7. The molecule has 0 aliphatic heterocycles. The van der Waals surface area contributed by atoms with Crippen molar-refractivity contribution in [1.82, 2.24) is 9.55 Å². The number of hydrogen-bond donors (Lipinski definition) is 0. The van der Waals surface area contributed by atoms with Crippen molar-refractivity contribution in [3.8, 4) is 0 Å². The van der Waals surface area contributed by atoms with Crippen LogP contribution < -0.4 is 0 Å². The van der Waals surface area contributed by atoms with Gasteiger partial charge in [0.2, 0.25) is 5.95 Å². The Labute approximate surface area is 135 Å². The summed E-state index contributed by atoms with van der Waals surface area (Å²) in [5.74, 6) is -1.40. The van der Waals surface area contributed by atoms with E-state index in [2.05, 4.69) is 4.98 Å². The summed E-state index contributed by atoms with van der Waals surface area (Å²) in [5, 5.41) is 0. The maximum atomic E-state index is 14.1. The number of halogens is 1. The molecule has 1 saturated carbocycles. The number of imidazole rings is 1. The fourth-order valence-corrected chi connectivity index (χ4v) is 3.06. The van der Waals surface area contributed by atoms with Crippen LogP contribution in [0.1, 0.15) is 61.6 Å². The topological polar surface area (TPSA) is 44.1 Å². The van der Waals surface area contributed by atoms with Crippen molar-refractivity contribution < 1.29 is 13.9 Å². The predicted molar refractivity (Wildman–Crippen MR) is 84.7 cm³/mol. The Morgan fingerprint density at radius 2 is 2.09 bits per heavy atom. The van der Waals surface area contributed by atoms with Crippen LogP contribution >= 0.6 is 0 Å². The van der Waals surface area contributed by atoms with E-state index in [0.29, 0.717) is 0 Å². The standard InChI is InChI=1S/C18H21FN2O2/c1-3-18(10-7-11-18)23-17(22)15-16(19)20-12-21(15)13(2)14-8-5-4-6-9-14/h4-6,8-9,12-13H,3,7,10-11H2,1-2H3/t13-/m1/s1. The zero-order valence-corrected chi connectivity index (χ0v) is 13.5. The van der Waals surface area contributed by atoms with E-state index < -0.39 is 17.5 Å². The second kappa shape index (κ2) is 6.14. The Balaban J connectivity index is 1.88. The lowest BCUT2D eigenvalue weighted by atomic mass is 9.78. The number of carbonyl (C=O) groups is 1. The van der Waals surface area contributed by atoms with Gasteiger partial charge >= 0.3 is 5.97 Å². The second-order valence-corrected chi connectivity index (χ2v) is 6.16. The molecule has 4 nitrogen and oxygen atoms in total. The molecule has 5 heteroatoms. The summed E-state index contributed by atoms with van der Waals surface area (Å²) in [6, 6.07) is 9.43. The van der Waals surface area contributed by atoms with Crippen molar-refractivity contribution in [1.29, 1.82) is 0 Å². The monoisotopic (exact) mass is 316 g/mol. The molecule has 0 amide bonds. The van der Waals surface area contributed by atoms with Crippen molar-refractivity contribution in [3.63, 3.8) is 0 Å². The third kappa shape index (κ3) is 2.87. The molecule has 1 atom stereocenters. The number of carbonyl (C=O) groups excluding carboxylic acids is 1. The maximum Gasteiger partial charge on any atom is 0.360 e. The molecular formula is C18H21FN2O2. The van der Waals surface area contributed by atoms with Gasteiger partial charge in [0.05, 0.1) is 12.4 Å². The molecule has 122 valence electrons. The summed E-state index contributed by atoms with van der Waals surface area (Å²) in [7, 11) is 0. The van der Waals surface area contributed by atoms with Gasteiger partial charge in [0.15, 0.2) is 5.69 Å². The molecule has 3 rings (SSSR count). The molecule has 23 heavy (non-hydrogen) atoms. The third-order valence-corrected chi connectivity index (χ3v) is 4.86. The van der Waals surface area contributed by atoms with E-state index in [1.165, 1.54) is 6.33 Å². The Morgan fingerprint density at radius 3 is 2.65 bits per heavy atom. The Morgan fingerprint density at radius 1 is 1.39 bits per heavy atom. The predicted octanol–water partition coefficient (Wildman–Crippen LogP) is 4.12. The highest BCUT2D eigenvalue weighted by atomic mass is 19.1. The van der Waals surface area contributed by atoms with E-state index >= 15 is 0 Å². The Kier molecular flexibility index (Phi) is 4.20. The van der Waals surface area contributed by atoms with Crippen LogP contribution in [0.3, 0.4) is 0 Å². The first-order valence-electron chi connectivity index (χ1n) is 8.07. The molecule has 1 aromatic carbocycles. The molecule has 0 radical (unpaired) electrons. The van der Waals surface area contributed by atoms with E-state index in [4.69, 9.17) is 4.74 Å². The fourth-order valence-electron chi connectivity index (χ4n) is 3.06. The number of esters is 1. The van der Waals surface area contributed by atoms with E-state index in [1.807, 2.05) is 44.2 Å². The van der Waals surface area contributed by atoms with Gasteiger partial charge in [-0.2, -0.15) is 4.39 Å². The number of aromatic nitrogens is 2. The van der Waals surface area contributed by atoms with Crippen LogP contribution in [0.2, 0.25) is 0 Å². The molecule has 0 bridgehead atoms. The van der Waals surface area contributed by atoms with Crippen molar-refractivity contribution in [2.24, 2.45) is 0 Å². The Hall–Kier alpha value is -2.17. The van der Waals surface area contributed by atoms with Crippen LogP contribution in [0.5, 0.6) is 0 Å². The highest BCUT2D eigenvalue weighted by Gasteiger charge is 2.40.